The lowest BCUT2D eigenvalue weighted by atomic mass is 9.95. The van der Waals surface area contributed by atoms with E-state index in [-0.39, 0.29) is 22.9 Å². The van der Waals surface area contributed by atoms with E-state index in [0.717, 1.165) is 19.4 Å². The number of nitrogens with one attached hydrogen (secondary N) is 1. The number of halogens is 1. The van der Waals surface area contributed by atoms with Crippen LogP contribution >= 0.6 is 12.4 Å². The highest BCUT2D eigenvalue weighted by Gasteiger charge is 2.37. The Morgan fingerprint density at radius 3 is 2.87 bits per heavy atom. The molecule has 0 aliphatic carbocycles. The predicted molar refractivity (Wildman–Crippen MR) is 88.3 cm³/mol. The SMILES string of the molecule is COC(=O)c1cccc(S(=O)(=O)N2CCC3NCCC3C2)c1.Cl. The molecule has 2 fully saturated rings. The van der Waals surface area contributed by atoms with Gasteiger partial charge < -0.3 is 10.1 Å². The highest BCUT2D eigenvalue weighted by atomic mass is 35.5. The Morgan fingerprint density at radius 1 is 1.35 bits per heavy atom. The fraction of sp³-hybridized carbons (Fsp3) is 0.533. The number of sulfonamides is 1. The first-order valence-electron chi connectivity index (χ1n) is 7.44. The molecule has 2 saturated heterocycles. The molecule has 2 heterocycles. The van der Waals surface area contributed by atoms with Gasteiger partial charge in [0.05, 0.1) is 17.6 Å². The number of rotatable bonds is 3. The second-order valence-corrected chi connectivity index (χ2v) is 7.72. The Morgan fingerprint density at radius 2 is 2.13 bits per heavy atom. The summed E-state index contributed by atoms with van der Waals surface area (Å²) in [4.78, 5) is 11.7. The fourth-order valence-corrected chi connectivity index (χ4v) is 4.84. The van der Waals surface area contributed by atoms with Gasteiger partial charge in [0.25, 0.3) is 0 Å². The number of nitrogens with zero attached hydrogens (tertiary/aromatic N) is 1. The van der Waals surface area contributed by atoms with Crippen LogP contribution in [0.2, 0.25) is 0 Å². The van der Waals surface area contributed by atoms with Gasteiger partial charge in [0.2, 0.25) is 10.0 Å². The van der Waals surface area contributed by atoms with Crippen LogP contribution in [0.15, 0.2) is 29.2 Å². The highest BCUT2D eigenvalue weighted by Crippen LogP contribution is 2.28. The Balaban J connectivity index is 0.00000192. The normalized spacial score (nSPS) is 24.6. The first-order chi connectivity index (χ1) is 10.5. The van der Waals surface area contributed by atoms with Crippen molar-refractivity contribution in [3.05, 3.63) is 29.8 Å². The Kier molecular flexibility index (Phi) is 5.67. The summed E-state index contributed by atoms with van der Waals surface area (Å²) in [7, 11) is -2.29. The van der Waals surface area contributed by atoms with E-state index in [1.807, 2.05) is 0 Å². The standard InChI is InChI=1S/C15H20N2O4S.ClH/c1-21-15(18)11-3-2-4-13(9-11)22(19,20)17-8-6-14-12(10-17)5-7-16-14;/h2-4,9,12,14,16H,5-8,10H2,1H3;1H. The lowest BCUT2D eigenvalue weighted by Gasteiger charge is -2.34. The molecule has 23 heavy (non-hydrogen) atoms. The summed E-state index contributed by atoms with van der Waals surface area (Å²) in [5, 5.41) is 3.42. The van der Waals surface area contributed by atoms with Crippen LogP contribution in [0.1, 0.15) is 23.2 Å². The monoisotopic (exact) mass is 360 g/mol. The van der Waals surface area contributed by atoms with Crippen molar-refractivity contribution in [2.24, 2.45) is 5.92 Å². The lowest BCUT2D eigenvalue weighted by Crippen LogP contribution is -2.46. The summed E-state index contributed by atoms with van der Waals surface area (Å²) in [5.41, 5.74) is 0.251. The highest BCUT2D eigenvalue weighted by molar-refractivity contribution is 7.89. The maximum absolute atomic E-state index is 12.8. The minimum Gasteiger partial charge on any atom is -0.465 e. The van der Waals surface area contributed by atoms with Crippen molar-refractivity contribution >= 4 is 28.4 Å². The minimum absolute atomic E-state index is 0. The first-order valence-corrected chi connectivity index (χ1v) is 8.88. The van der Waals surface area contributed by atoms with E-state index in [2.05, 4.69) is 10.1 Å². The minimum atomic E-state index is -3.57. The maximum Gasteiger partial charge on any atom is 0.337 e. The predicted octanol–water partition coefficient (Wildman–Crippen LogP) is 1.27. The number of hydrogen-bond donors (Lipinski definition) is 1. The van der Waals surface area contributed by atoms with Crippen LogP contribution in [0, 0.1) is 5.92 Å². The van der Waals surface area contributed by atoms with Crippen molar-refractivity contribution in [3.63, 3.8) is 0 Å². The van der Waals surface area contributed by atoms with Crippen molar-refractivity contribution in [1.29, 1.82) is 0 Å². The number of methoxy groups -OCH3 is 1. The molecule has 3 rings (SSSR count). The lowest BCUT2D eigenvalue weighted by molar-refractivity contribution is 0.0600. The molecule has 0 amide bonds. The molecule has 0 spiro atoms. The molecule has 0 radical (unpaired) electrons. The van der Waals surface area contributed by atoms with Gasteiger partial charge in [-0.05, 0) is 43.5 Å². The Bertz CT molecular complexity index is 680. The Labute approximate surface area is 142 Å². The van der Waals surface area contributed by atoms with Gasteiger partial charge in [0.15, 0.2) is 0 Å². The van der Waals surface area contributed by atoms with Crippen LogP contribution in [-0.2, 0) is 14.8 Å². The zero-order valence-corrected chi connectivity index (χ0v) is 14.5. The van der Waals surface area contributed by atoms with Crippen molar-refractivity contribution in [3.8, 4) is 0 Å². The third-order valence-electron chi connectivity index (χ3n) is 4.51. The summed E-state index contributed by atoms with van der Waals surface area (Å²) in [5.74, 6) is -0.150. The largest absolute Gasteiger partial charge is 0.465 e. The summed E-state index contributed by atoms with van der Waals surface area (Å²) >= 11 is 0. The van der Waals surface area contributed by atoms with E-state index in [1.54, 1.807) is 12.1 Å². The van der Waals surface area contributed by atoms with E-state index in [9.17, 15) is 13.2 Å². The zero-order valence-electron chi connectivity index (χ0n) is 12.9. The van der Waals surface area contributed by atoms with Crippen LogP contribution in [0.4, 0.5) is 0 Å². The second-order valence-electron chi connectivity index (χ2n) is 5.78. The smallest absolute Gasteiger partial charge is 0.337 e. The number of fused-ring (bicyclic) bond motifs is 1. The van der Waals surface area contributed by atoms with Gasteiger partial charge in [-0.1, -0.05) is 6.07 Å². The molecular formula is C15H21ClN2O4S. The molecule has 1 aromatic carbocycles. The van der Waals surface area contributed by atoms with Crippen LogP contribution in [-0.4, -0.2) is 51.5 Å². The van der Waals surface area contributed by atoms with E-state index >= 15 is 0 Å². The van der Waals surface area contributed by atoms with Gasteiger partial charge in [-0.25, -0.2) is 13.2 Å². The molecule has 2 unspecified atom stereocenters. The van der Waals surface area contributed by atoms with Crippen molar-refractivity contribution < 1.29 is 17.9 Å². The molecule has 2 aliphatic rings. The molecule has 1 N–H and O–H groups in total. The van der Waals surface area contributed by atoms with E-state index in [4.69, 9.17) is 0 Å². The number of carbonyl (C=O) groups excluding carboxylic acids is 1. The van der Waals surface area contributed by atoms with Crippen molar-refractivity contribution in [2.45, 2.75) is 23.8 Å². The van der Waals surface area contributed by atoms with Crippen LogP contribution in [0.3, 0.4) is 0 Å². The number of piperidine rings is 1. The fourth-order valence-electron chi connectivity index (χ4n) is 3.28. The summed E-state index contributed by atoms with van der Waals surface area (Å²) in [6.07, 6.45) is 1.85. The van der Waals surface area contributed by atoms with Gasteiger partial charge >= 0.3 is 5.97 Å². The van der Waals surface area contributed by atoms with Gasteiger partial charge in [0, 0.05) is 19.1 Å². The first kappa shape index (κ1) is 18.2. The molecule has 0 aromatic heterocycles. The number of ether oxygens (including phenoxy) is 1. The van der Waals surface area contributed by atoms with Gasteiger partial charge in [-0.15, -0.1) is 12.4 Å². The van der Waals surface area contributed by atoms with Crippen molar-refractivity contribution in [1.82, 2.24) is 9.62 Å². The topological polar surface area (TPSA) is 75.7 Å². The van der Waals surface area contributed by atoms with Gasteiger partial charge in [-0.2, -0.15) is 4.31 Å². The summed E-state index contributed by atoms with van der Waals surface area (Å²) in [6, 6.07) is 6.48. The van der Waals surface area contributed by atoms with Crippen LogP contribution in [0.5, 0.6) is 0 Å². The van der Waals surface area contributed by atoms with Crippen LogP contribution in [0.25, 0.3) is 0 Å². The average molecular weight is 361 g/mol. The second kappa shape index (κ2) is 7.17. The molecule has 0 saturated carbocycles. The van der Waals surface area contributed by atoms with E-state index in [0.29, 0.717) is 25.0 Å². The number of esters is 1. The van der Waals surface area contributed by atoms with Gasteiger partial charge in [0.1, 0.15) is 0 Å². The van der Waals surface area contributed by atoms with Gasteiger partial charge in [-0.3, -0.25) is 0 Å². The molecule has 0 bridgehead atoms. The summed E-state index contributed by atoms with van der Waals surface area (Å²) < 4.78 is 31.8. The van der Waals surface area contributed by atoms with E-state index in [1.165, 1.54) is 23.5 Å². The third-order valence-corrected chi connectivity index (χ3v) is 6.37. The maximum atomic E-state index is 12.8. The average Bonchev–Trinajstić information content (AvgIpc) is 3.01. The van der Waals surface area contributed by atoms with Crippen LogP contribution < -0.4 is 5.32 Å². The molecule has 2 atom stereocenters. The van der Waals surface area contributed by atoms with E-state index < -0.39 is 16.0 Å². The van der Waals surface area contributed by atoms with Crippen molar-refractivity contribution in [2.75, 3.05) is 26.7 Å². The molecule has 128 valence electrons. The molecular weight excluding hydrogens is 340 g/mol. The summed E-state index contributed by atoms with van der Waals surface area (Å²) in [6.45, 7) is 2.02. The number of carbonyl (C=O) groups is 1. The number of benzene rings is 1. The quantitative estimate of drug-likeness (QED) is 0.821. The molecule has 8 heteroatoms. The third kappa shape index (κ3) is 3.52. The Hall–Kier alpha value is -1.15. The molecule has 1 aromatic rings. The zero-order chi connectivity index (χ0) is 15.7. The molecule has 2 aliphatic heterocycles. The number of hydrogen-bond acceptors (Lipinski definition) is 5. The molecule has 6 nitrogen and oxygen atoms in total.